The number of nitrogens with one attached hydrogen (secondary N) is 1. The quantitative estimate of drug-likeness (QED) is 0.291. The predicted molar refractivity (Wildman–Crippen MR) is 117 cm³/mol. The first-order chi connectivity index (χ1) is 16.2. The van der Waals surface area contributed by atoms with E-state index in [-0.39, 0.29) is 17.6 Å². The number of halogens is 5. The van der Waals surface area contributed by atoms with Gasteiger partial charge in [-0.25, -0.2) is 17.6 Å². The van der Waals surface area contributed by atoms with Gasteiger partial charge in [0.05, 0.1) is 17.6 Å². The van der Waals surface area contributed by atoms with Crippen molar-refractivity contribution < 1.29 is 26.8 Å². The summed E-state index contributed by atoms with van der Waals surface area (Å²) in [7, 11) is 0. The lowest BCUT2D eigenvalue weighted by atomic mass is 10.1. The third kappa shape index (κ3) is 4.86. The summed E-state index contributed by atoms with van der Waals surface area (Å²) in [5.74, 6) is -0.505. The van der Waals surface area contributed by atoms with Gasteiger partial charge >= 0.3 is 0 Å². The maximum atomic E-state index is 13.3. The lowest BCUT2D eigenvalue weighted by molar-refractivity contribution is 0.0909. The third-order valence-electron chi connectivity index (χ3n) is 5.18. The minimum Gasteiger partial charge on any atom is -0.454 e. The van der Waals surface area contributed by atoms with E-state index in [1.54, 1.807) is 0 Å². The maximum absolute atomic E-state index is 13.3. The standard InChI is InChI=1S/C23H19ClF4N4O2/c1-13(14-5-4-6-15(11-14)31-9-2-3-10-31)29-23(33)17-8-7-16(34-17)12-32-20(22(27)28)18(24)19(30-32)21(25)26/h2-11,13,21-22H,12H2,1H3,(H,29,33). The maximum Gasteiger partial charge on any atom is 0.287 e. The van der Waals surface area contributed by atoms with Crippen molar-refractivity contribution >= 4 is 17.5 Å². The van der Waals surface area contributed by atoms with E-state index >= 15 is 0 Å². The molecule has 0 spiro atoms. The van der Waals surface area contributed by atoms with E-state index in [1.807, 2.05) is 60.3 Å². The lowest BCUT2D eigenvalue weighted by Gasteiger charge is -2.15. The number of carbonyl (C=O) groups is 1. The number of hydrogen-bond donors (Lipinski definition) is 1. The second-order valence-electron chi connectivity index (χ2n) is 7.49. The molecule has 0 radical (unpaired) electrons. The summed E-state index contributed by atoms with van der Waals surface area (Å²) < 4.78 is 60.8. The number of hydrogen-bond acceptors (Lipinski definition) is 3. The molecule has 1 amide bonds. The highest BCUT2D eigenvalue weighted by atomic mass is 35.5. The van der Waals surface area contributed by atoms with Crippen LogP contribution in [-0.2, 0) is 6.54 Å². The van der Waals surface area contributed by atoms with Crippen LogP contribution in [0.15, 0.2) is 65.3 Å². The number of benzene rings is 1. The fourth-order valence-corrected chi connectivity index (χ4v) is 3.79. The van der Waals surface area contributed by atoms with E-state index in [1.165, 1.54) is 12.1 Å². The van der Waals surface area contributed by atoms with E-state index in [9.17, 15) is 22.4 Å². The highest BCUT2D eigenvalue weighted by Gasteiger charge is 2.28. The highest BCUT2D eigenvalue weighted by molar-refractivity contribution is 6.32. The number of nitrogens with zero attached hydrogens (tertiary/aromatic N) is 3. The summed E-state index contributed by atoms with van der Waals surface area (Å²) in [6, 6.07) is 13.8. The molecule has 4 aromatic rings. The van der Waals surface area contributed by atoms with Crippen molar-refractivity contribution in [2.24, 2.45) is 0 Å². The average Bonchev–Trinajstić information content (AvgIpc) is 3.54. The number of furan rings is 1. The zero-order valence-electron chi connectivity index (χ0n) is 17.8. The Morgan fingerprint density at radius 2 is 1.82 bits per heavy atom. The van der Waals surface area contributed by atoms with Crippen LogP contribution in [0.3, 0.4) is 0 Å². The molecule has 34 heavy (non-hydrogen) atoms. The third-order valence-corrected chi connectivity index (χ3v) is 5.57. The number of alkyl halides is 4. The van der Waals surface area contributed by atoms with Gasteiger partial charge in [0.25, 0.3) is 18.8 Å². The van der Waals surface area contributed by atoms with Crippen LogP contribution in [0.25, 0.3) is 5.69 Å². The van der Waals surface area contributed by atoms with Crippen LogP contribution in [0.2, 0.25) is 5.02 Å². The molecule has 1 N–H and O–H groups in total. The topological polar surface area (TPSA) is 65.0 Å². The molecule has 0 aliphatic heterocycles. The Kier molecular flexibility index (Phi) is 6.78. The monoisotopic (exact) mass is 494 g/mol. The van der Waals surface area contributed by atoms with Crippen molar-refractivity contribution in [1.82, 2.24) is 19.7 Å². The van der Waals surface area contributed by atoms with Crippen molar-refractivity contribution in [1.29, 1.82) is 0 Å². The van der Waals surface area contributed by atoms with Gasteiger partial charge in [0.15, 0.2) is 5.76 Å². The number of carbonyl (C=O) groups excluding carboxylic acids is 1. The zero-order valence-corrected chi connectivity index (χ0v) is 18.5. The first-order valence-electron chi connectivity index (χ1n) is 10.2. The molecule has 1 aromatic carbocycles. The smallest absolute Gasteiger partial charge is 0.287 e. The summed E-state index contributed by atoms with van der Waals surface area (Å²) in [6.45, 7) is 1.41. The predicted octanol–water partition coefficient (Wildman–Crippen LogP) is 6.33. The molecule has 178 valence electrons. The van der Waals surface area contributed by atoms with Gasteiger partial charge in [-0.1, -0.05) is 23.7 Å². The Hall–Kier alpha value is -3.53. The molecule has 1 unspecified atom stereocenters. The minimum atomic E-state index is -3.12. The summed E-state index contributed by atoms with van der Waals surface area (Å²) >= 11 is 5.66. The van der Waals surface area contributed by atoms with Gasteiger partial charge < -0.3 is 14.3 Å². The molecule has 6 nitrogen and oxygen atoms in total. The molecule has 3 aromatic heterocycles. The fourth-order valence-electron chi connectivity index (χ4n) is 3.49. The summed E-state index contributed by atoms with van der Waals surface area (Å²) in [4.78, 5) is 12.7. The van der Waals surface area contributed by atoms with E-state index < -0.39 is 41.7 Å². The summed E-state index contributed by atoms with van der Waals surface area (Å²) in [5.41, 5.74) is 0.0198. The Morgan fingerprint density at radius 3 is 2.50 bits per heavy atom. The molecular formula is C23H19ClF4N4O2. The molecular weight excluding hydrogens is 476 g/mol. The minimum absolute atomic E-state index is 0.0608. The summed E-state index contributed by atoms with van der Waals surface area (Å²) in [5, 5.41) is 5.52. The van der Waals surface area contributed by atoms with Gasteiger partial charge in [0, 0.05) is 18.1 Å². The van der Waals surface area contributed by atoms with Gasteiger partial charge in [-0.05, 0) is 48.9 Å². The van der Waals surface area contributed by atoms with E-state index in [0.717, 1.165) is 11.3 Å². The lowest BCUT2D eigenvalue weighted by Crippen LogP contribution is -2.26. The van der Waals surface area contributed by atoms with E-state index in [4.69, 9.17) is 16.0 Å². The van der Waals surface area contributed by atoms with Gasteiger partial charge in [-0.2, -0.15) is 5.10 Å². The number of aromatic nitrogens is 3. The van der Waals surface area contributed by atoms with Crippen molar-refractivity contribution in [2.75, 3.05) is 0 Å². The van der Waals surface area contributed by atoms with Crippen molar-refractivity contribution in [2.45, 2.75) is 32.4 Å². The molecule has 11 heteroatoms. The first-order valence-corrected chi connectivity index (χ1v) is 10.6. The van der Waals surface area contributed by atoms with Crippen LogP contribution in [0.5, 0.6) is 0 Å². The van der Waals surface area contributed by atoms with Crippen molar-refractivity contribution in [3.05, 3.63) is 94.4 Å². The van der Waals surface area contributed by atoms with Crippen molar-refractivity contribution in [3.63, 3.8) is 0 Å². The fraction of sp³-hybridized carbons (Fsp3) is 0.217. The van der Waals surface area contributed by atoms with Crippen LogP contribution in [-0.4, -0.2) is 20.3 Å². The zero-order chi connectivity index (χ0) is 24.4. The molecule has 1 atom stereocenters. The van der Waals surface area contributed by atoms with Gasteiger partial charge in [0.1, 0.15) is 17.1 Å². The second kappa shape index (κ2) is 9.76. The highest BCUT2D eigenvalue weighted by Crippen LogP contribution is 2.35. The molecule has 0 saturated heterocycles. The molecule has 0 fully saturated rings. The van der Waals surface area contributed by atoms with Gasteiger partial charge in [-0.15, -0.1) is 0 Å². The normalized spacial score (nSPS) is 12.5. The Bertz CT molecular complexity index is 1280. The largest absolute Gasteiger partial charge is 0.454 e. The summed E-state index contributed by atoms with van der Waals surface area (Å²) in [6.07, 6.45) is -2.41. The molecule has 0 aliphatic carbocycles. The van der Waals surface area contributed by atoms with E-state index in [0.29, 0.717) is 4.68 Å². The van der Waals surface area contributed by atoms with Crippen LogP contribution >= 0.6 is 11.6 Å². The first kappa shape index (κ1) is 23.6. The second-order valence-corrected chi connectivity index (χ2v) is 7.87. The SMILES string of the molecule is CC(NC(=O)c1ccc(Cn2nc(C(F)F)c(Cl)c2C(F)F)o1)c1cccc(-n2cccc2)c1. The van der Waals surface area contributed by atoms with Crippen LogP contribution in [0, 0.1) is 0 Å². The molecule has 3 heterocycles. The number of rotatable bonds is 8. The molecule has 0 saturated carbocycles. The average molecular weight is 495 g/mol. The van der Waals surface area contributed by atoms with Crippen LogP contribution < -0.4 is 5.32 Å². The van der Waals surface area contributed by atoms with Gasteiger partial charge in [-0.3, -0.25) is 9.48 Å². The number of amides is 1. The Balaban J connectivity index is 1.47. The van der Waals surface area contributed by atoms with E-state index in [2.05, 4.69) is 10.4 Å². The van der Waals surface area contributed by atoms with Gasteiger partial charge in [0.2, 0.25) is 0 Å². The Morgan fingerprint density at radius 1 is 1.09 bits per heavy atom. The van der Waals surface area contributed by atoms with Crippen LogP contribution in [0.4, 0.5) is 17.6 Å². The molecule has 0 aliphatic rings. The Labute approximate surface area is 196 Å². The van der Waals surface area contributed by atoms with Crippen molar-refractivity contribution in [3.8, 4) is 5.69 Å². The molecule has 4 rings (SSSR count). The van der Waals surface area contributed by atoms with Crippen LogP contribution in [0.1, 0.15) is 59.1 Å². The molecule has 0 bridgehead atoms.